The highest BCUT2D eigenvalue weighted by Gasteiger charge is 2.44. The number of benzene rings is 1. The summed E-state index contributed by atoms with van der Waals surface area (Å²) < 4.78 is 5.10. The van der Waals surface area contributed by atoms with E-state index >= 15 is 0 Å². The Morgan fingerprint density at radius 3 is 2.38 bits per heavy atom. The number of hydrogen-bond acceptors (Lipinski definition) is 6. The van der Waals surface area contributed by atoms with Gasteiger partial charge in [0, 0.05) is 12.1 Å². The monoisotopic (exact) mass is 413 g/mol. The Morgan fingerprint density at radius 2 is 1.83 bits per heavy atom. The Balaban J connectivity index is 1.54. The van der Waals surface area contributed by atoms with Crippen LogP contribution in [0.3, 0.4) is 0 Å². The van der Waals surface area contributed by atoms with E-state index in [1.165, 1.54) is 11.1 Å². The lowest BCUT2D eigenvalue weighted by atomic mass is 9.92. The number of carbonyl (C=O) groups is 3. The molecule has 0 spiro atoms. The van der Waals surface area contributed by atoms with Crippen LogP contribution in [0.25, 0.3) is 0 Å². The van der Waals surface area contributed by atoms with Gasteiger partial charge >= 0.3 is 5.97 Å². The molecule has 4 rings (SSSR count). The van der Waals surface area contributed by atoms with Gasteiger partial charge in [-0.15, -0.1) is 11.3 Å². The molecule has 8 heteroatoms. The predicted octanol–water partition coefficient (Wildman–Crippen LogP) is 3.16. The molecule has 2 aromatic rings. The number of amides is 2. The second-order valence-corrected chi connectivity index (χ2v) is 8.32. The molecule has 1 aromatic heterocycles. The van der Waals surface area contributed by atoms with Crippen LogP contribution in [0.15, 0.2) is 24.3 Å². The fourth-order valence-electron chi connectivity index (χ4n) is 4.49. The Labute approximate surface area is 172 Å². The summed E-state index contributed by atoms with van der Waals surface area (Å²) in [6, 6.07) is 8.82. The molecule has 2 amide bonds. The van der Waals surface area contributed by atoms with E-state index in [1.54, 1.807) is 13.8 Å². The quantitative estimate of drug-likeness (QED) is 0.709. The van der Waals surface area contributed by atoms with Gasteiger partial charge in [0.2, 0.25) is 5.91 Å². The maximum absolute atomic E-state index is 12.8. The first-order valence-corrected chi connectivity index (χ1v) is 10.5. The van der Waals surface area contributed by atoms with E-state index in [2.05, 4.69) is 22.3 Å². The number of thiophene rings is 1. The maximum atomic E-state index is 12.8. The third kappa shape index (κ3) is 3.32. The van der Waals surface area contributed by atoms with Gasteiger partial charge in [-0.3, -0.25) is 14.5 Å². The van der Waals surface area contributed by atoms with Gasteiger partial charge in [0.1, 0.15) is 5.00 Å². The Kier molecular flexibility index (Phi) is 5.14. The molecule has 29 heavy (non-hydrogen) atoms. The normalized spacial score (nSPS) is 19.8. The van der Waals surface area contributed by atoms with Gasteiger partial charge in [0.25, 0.3) is 5.91 Å². The van der Waals surface area contributed by atoms with Gasteiger partial charge in [0.05, 0.1) is 23.6 Å². The van der Waals surface area contributed by atoms with E-state index in [9.17, 15) is 14.4 Å². The van der Waals surface area contributed by atoms with Gasteiger partial charge in [-0.2, -0.15) is 0 Å². The molecule has 0 aliphatic carbocycles. The van der Waals surface area contributed by atoms with Crippen LogP contribution < -0.4 is 11.1 Å². The first-order chi connectivity index (χ1) is 13.9. The molecule has 7 nitrogen and oxygen atoms in total. The SMILES string of the molecule is CCOC(=O)c1c(NC(=O)CN2C3CCC2c2ccccc23)sc(C(N)=O)c1C. The zero-order chi connectivity index (χ0) is 20.7. The zero-order valence-electron chi connectivity index (χ0n) is 16.4. The second kappa shape index (κ2) is 7.61. The molecule has 152 valence electrons. The maximum Gasteiger partial charge on any atom is 0.341 e. The van der Waals surface area contributed by atoms with E-state index < -0.39 is 11.9 Å². The van der Waals surface area contributed by atoms with Crippen molar-refractivity contribution in [3.05, 3.63) is 51.4 Å². The molecule has 2 aliphatic rings. The fraction of sp³-hybridized carbons (Fsp3) is 0.381. The highest BCUT2D eigenvalue weighted by molar-refractivity contribution is 7.18. The number of nitrogens with one attached hydrogen (secondary N) is 1. The fourth-order valence-corrected chi connectivity index (χ4v) is 5.55. The summed E-state index contributed by atoms with van der Waals surface area (Å²) in [4.78, 5) is 39.4. The van der Waals surface area contributed by atoms with E-state index in [0.717, 1.165) is 24.2 Å². The van der Waals surface area contributed by atoms with Crippen molar-refractivity contribution in [2.24, 2.45) is 5.73 Å². The lowest BCUT2D eigenvalue weighted by molar-refractivity contribution is -0.117. The topological polar surface area (TPSA) is 102 Å². The molecule has 3 heterocycles. The van der Waals surface area contributed by atoms with E-state index in [0.29, 0.717) is 10.6 Å². The molecule has 0 saturated carbocycles. The number of primary amides is 1. The van der Waals surface area contributed by atoms with Crippen LogP contribution in [0.4, 0.5) is 5.00 Å². The lowest BCUT2D eigenvalue weighted by Crippen LogP contribution is -2.31. The minimum Gasteiger partial charge on any atom is -0.462 e. The number of anilines is 1. The summed E-state index contributed by atoms with van der Waals surface area (Å²) in [5.74, 6) is -1.43. The van der Waals surface area contributed by atoms with Crippen LogP contribution in [0.2, 0.25) is 0 Å². The molecule has 0 radical (unpaired) electrons. The number of hydrogen-bond donors (Lipinski definition) is 2. The average molecular weight is 413 g/mol. The third-order valence-corrected chi connectivity index (χ3v) is 6.88. The number of fused-ring (bicyclic) bond motifs is 5. The molecular weight excluding hydrogens is 390 g/mol. The number of carbonyl (C=O) groups excluding carboxylic acids is 3. The summed E-state index contributed by atoms with van der Waals surface area (Å²) in [6.45, 7) is 3.75. The van der Waals surface area contributed by atoms with Crippen molar-refractivity contribution in [3.8, 4) is 0 Å². The zero-order valence-corrected chi connectivity index (χ0v) is 17.2. The van der Waals surface area contributed by atoms with Crippen molar-refractivity contribution in [3.63, 3.8) is 0 Å². The molecule has 1 saturated heterocycles. The third-order valence-electron chi connectivity index (χ3n) is 5.66. The van der Waals surface area contributed by atoms with Crippen LogP contribution in [-0.4, -0.2) is 35.8 Å². The number of nitrogens with zero attached hydrogens (tertiary/aromatic N) is 1. The molecule has 2 bridgehead atoms. The minimum absolute atomic E-state index is 0.197. The summed E-state index contributed by atoms with van der Waals surface area (Å²) in [7, 11) is 0. The largest absolute Gasteiger partial charge is 0.462 e. The summed E-state index contributed by atoms with van der Waals surface area (Å²) in [5, 5.41) is 3.13. The summed E-state index contributed by atoms with van der Waals surface area (Å²) in [5.41, 5.74) is 8.66. The van der Waals surface area contributed by atoms with Crippen LogP contribution in [0.1, 0.15) is 68.6 Å². The van der Waals surface area contributed by atoms with Crippen molar-refractivity contribution in [2.45, 2.75) is 38.8 Å². The van der Waals surface area contributed by atoms with Crippen molar-refractivity contribution < 1.29 is 19.1 Å². The number of ether oxygens (including phenoxy) is 1. The molecule has 1 fully saturated rings. The van der Waals surface area contributed by atoms with E-state index in [4.69, 9.17) is 10.5 Å². The number of rotatable bonds is 6. The summed E-state index contributed by atoms with van der Waals surface area (Å²) >= 11 is 1.01. The lowest BCUT2D eigenvalue weighted by Gasteiger charge is -2.21. The second-order valence-electron chi connectivity index (χ2n) is 7.30. The van der Waals surface area contributed by atoms with Gasteiger partial charge in [0.15, 0.2) is 0 Å². The van der Waals surface area contributed by atoms with Crippen LogP contribution in [0.5, 0.6) is 0 Å². The Morgan fingerprint density at radius 1 is 1.21 bits per heavy atom. The van der Waals surface area contributed by atoms with Crippen LogP contribution >= 0.6 is 11.3 Å². The van der Waals surface area contributed by atoms with Crippen LogP contribution in [-0.2, 0) is 9.53 Å². The van der Waals surface area contributed by atoms with Crippen molar-refractivity contribution >= 4 is 34.1 Å². The van der Waals surface area contributed by atoms with Gasteiger partial charge in [-0.25, -0.2) is 4.79 Å². The van der Waals surface area contributed by atoms with E-state index in [-0.39, 0.29) is 41.6 Å². The van der Waals surface area contributed by atoms with Crippen LogP contribution in [0, 0.1) is 6.92 Å². The summed E-state index contributed by atoms with van der Waals surface area (Å²) in [6.07, 6.45) is 2.07. The van der Waals surface area contributed by atoms with Crippen molar-refractivity contribution in [1.82, 2.24) is 4.90 Å². The number of esters is 1. The highest BCUT2D eigenvalue weighted by atomic mass is 32.1. The van der Waals surface area contributed by atoms with Gasteiger partial charge in [-0.05, 0) is 43.4 Å². The number of nitrogens with two attached hydrogens (primary N) is 1. The van der Waals surface area contributed by atoms with E-state index in [1.807, 2.05) is 12.1 Å². The molecule has 2 aliphatic heterocycles. The van der Waals surface area contributed by atoms with Crippen molar-refractivity contribution in [2.75, 3.05) is 18.5 Å². The van der Waals surface area contributed by atoms with Gasteiger partial charge in [-0.1, -0.05) is 24.3 Å². The molecular formula is C21H23N3O4S. The average Bonchev–Trinajstić information content (AvgIpc) is 3.32. The standard InChI is InChI=1S/C21H23N3O4S/c1-3-28-21(27)17-11(2)18(19(22)26)29-20(17)23-16(25)10-24-14-8-9-15(24)13-7-5-4-6-12(13)14/h4-7,14-15H,3,8-10H2,1-2H3,(H2,22,26)(H,23,25). The van der Waals surface area contributed by atoms with Gasteiger partial charge < -0.3 is 15.8 Å². The first kappa shape index (κ1) is 19.6. The molecule has 3 N–H and O–H groups in total. The minimum atomic E-state index is -0.633. The molecule has 2 atom stereocenters. The smallest absolute Gasteiger partial charge is 0.341 e. The Bertz CT molecular complexity index is 969. The molecule has 2 unspecified atom stereocenters. The predicted molar refractivity (Wildman–Crippen MR) is 110 cm³/mol. The molecule has 1 aromatic carbocycles. The van der Waals surface area contributed by atoms with Crippen molar-refractivity contribution in [1.29, 1.82) is 0 Å². The first-order valence-electron chi connectivity index (χ1n) is 9.67. The highest BCUT2D eigenvalue weighted by Crippen LogP contribution is 2.52. The Hall–Kier alpha value is -2.71.